The number of amides is 2. The Morgan fingerprint density at radius 1 is 1.00 bits per heavy atom. The summed E-state index contributed by atoms with van der Waals surface area (Å²) >= 11 is 0. The number of benzene rings is 2. The second-order valence-electron chi connectivity index (χ2n) is 6.61. The van der Waals surface area contributed by atoms with Crippen molar-refractivity contribution in [1.29, 1.82) is 0 Å². The van der Waals surface area contributed by atoms with Crippen molar-refractivity contribution >= 4 is 27.5 Å². The number of anilines is 1. The first-order valence-corrected chi connectivity index (χ1v) is 10.7. The smallest absolute Gasteiger partial charge is 0.245 e. The maximum atomic E-state index is 13.1. The molecule has 1 fully saturated rings. The molecule has 29 heavy (non-hydrogen) atoms. The molecule has 0 aliphatic carbocycles. The van der Waals surface area contributed by atoms with Gasteiger partial charge in [0, 0.05) is 25.7 Å². The number of carbonyl (C=O) groups is 2. The molecule has 0 saturated carbocycles. The lowest BCUT2D eigenvalue weighted by Gasteiger charge is -2.30. The van der Waals surface area contributed by atoms with Crippen LogP contribution < -0.4 is 10.0 Å². The van der Waals surface area contributed by atoms with E-state index in [4.69, 9.17) is 4.74 Å². The highest BCUT2D eigenvalue weighted by Gasteiger charge is 2.31. The molecule has 1 atom stereocenters. The normalized spacial score (nSPS) is 15.6. The standard InChI is InChI=1S/C20H23N3O5S/c1-15(24)21-17-7-9-18(10-8-17)29(26,27)22-19(16-5-3-2-4-6-16)20(25)23-11-13-28-14-12-23/h2-10,19,22H,11-14H2,1H3,(H,21,24)/t19-/m0/s1. The Morgan fingerprint density at radius 2 is 1.62 bits per heavy atom. The van der Waals surface area contributed by atoms with Crippen LogP contribution in [0.2, 0.25) is 0 Å². The van der Waals surface area contributed by atoms with Crippen LogP contribution in [0.3, 0.4) is 0 Å². The van der Waals surface area contributed by atoms with E-state index in [-0.39, 0.29) is 16.7 Å². The Bertz CT molecular complexity index is 955. The van der Waals surface area contributed by atoms with Gasteiger partial charge in [0.2, 0.25) is 21.8 Å². The van der Waals surface area contributed by atoms with Crippen LogP contribution in [0, 0.1) is 0 Å². The zero-order chi connectivity index (χ0) is 20.9. The summed E-state index contributed by atoms with van der Waals surface area (Å²) in [5, 5.41) is 2.58. The minimum absolute atomic E-state index is 0.00214. The van der Waals surface area contributed by atoms with Crippen LogP contribution >= 0.6 is 0 Å². The number of ether oxygens (including phenoxy) is 1. The number of nitrogens with zero attached hydrogens (tertiary/aromatic N) is 1. The maximum Gasteiger partial charge on any atom is 0.245 e. The van der Waals surface area contributed by atoms with Gasteiger partial charge in [-0.05, 0) is 29.8 Å². The molecule has 0 radical (unpaired) electrons. The van der Waals surface area contributed by atoms with Crippen molar-refractivity contribution in [2.75, 3.05) is 31.6 Å². The molecule has 0 spiro atoms. The second-order valence-corrected chi connectivity index (χ2v) is 8.32. The fraction of sp³-hybridized carbons (Fsp3) is 0.300. The number of morpholine rings is 1. The Hall–Kier alpha value is -2.75. The van der Waals surface area contributed by atoms with E-state index in [1.807, 2.05) is 0 Å². The Balaban J connectivity index is 1.86. The topological polar surface area (TPSA) is 105 Å². The highest BCUT2D eigenvalue weighted by molar-refractivity contribution is 7.89. The molecule has 1 saturated heterocycles. The monoisotopic (exact) mass is 417 g/mol. The predicted molar refractivity (Wildman–Crippen MR) is 108 cm³/mol. The Morgan fingerprint density at radius 3 is 2.21 bits per heavy atom. The third-order valence-corrected chi connectivity index (χ3v) is 5.90. The van der Waals surface area contributed by atoms with E-state index in [0.717, 1.165) is 0 Å². The molecule has 3 rings (SSSR count). The molecule has 2 aromatic carbocycles. The van der Waals surface area contributed by atoms with Crippen LogP contribution in [0.5, 0.6) is 0 Å². The van der Waals surface area contributed by atoms with Crippen molar-refractivity contribution in [2.24, 2.45) is 0 Å². The fourth-order valence-electron chi connectivity index (χ4n) is 3.02. The average Bonchev–Trinajstić information content (AvgIpc) is 2.73. The van der Waals surface area contributed by atoms with Crippen LogP contribution in [0.15, 0.2) is 59.5 Å². The number of hydrogen-bond acceptors (Lipinski definition) is 5. The van der Waals surface area contributed by atoms with Crippen molar-refractivity contribution in [3.63, 3.8) is 0 Å². The largest absolute Gasteiger partial charge is 0.378 e. The van der Waals surface area contributed by atoms with Crippen LogP contribution in [-0.2, 0) is 24.3 Å². The summed E-state index contributed by atoms with van der Waals surface area (Å²) in [6, 6.07) is 13.5. The van der Waals surface area contributed by atoms with E-state index >= 15 is 0 Å². The first kappa shape index (κ1) is 21.0. The van der Waals surface area contributed by atoms with Crippen LogP contribution in [0.4, 0.5) is 5.69 Å². The van der Waals surface area contributed by atoms with Crippen molar-refractivity contribution in [2.45, 2.75) is 17.9 Å². The molecule has 1 aliphatic rings. The zero-order valence-corrected chi connectivity index (χ0v) is 16.8. The highest BCUT2D eigenvalue weighted by atomic mass is 32.2. The second kappa shape index (κ2) is 9.17. The van der Waals surface area contributed by atoms with Crippen LogP contribution in [-0.4, -0.2) is 51.4 Å². The van der Waals surface area contributed by atoms with E-state index in [1.54, 1.807) is 35.2 Å². The van der Waals surface area contributed by atoms with E-state index in [1.165, 1.54) is 31.2 Å². The number of sulfonamides is 1. The molecule has 0 unspecified atom stereocenters. The minimum atomic E-state index is -3.98. The number of rotatable bonds is 6. The molecule has 154 valence electrons. The summed E-state index contributed by atoms with van der Waals surface area (Å²) in [4.78, 5) is 25.8. The summed E-state index contributed by atoms with van der Waals surface area (Å²) < 4.78 is 33.7. The maximum absolute atomic E-state index is 13.1. The van der Waals surface area contributed by atoms with Gasteiger partial charge in [-0.2, -0.15) is 4.72 Å². The molecule has 2 N–H and O–H groups in total. The third kappa shape index (κ3) is 5.41. The predicted octanol–water partition coefficient (Wildman–Crippen LogP) is 1.52. The average molecular weight is 417 g/mol. The van der Waals surface area contributed by atoms with Gasteiger partial charge in [-0.25, -0.2) is 8.42 Å². The van der Waals surface area contributed by atoms with Gasteiger partial charge in [-0.3, -0.25) is 9.59 Å². The van der Waals surface area contributed by atoms with Crippen molar-refractivity contribution < 1.29 is 22.7 Å². The minimum Gasteiger partial charge on any atom is -0.378 e. The molecule has 9 heteroatoms. The van der Waals surface area contributed by atoms with Gasteiger partial charge >= 0.3 is 0 Å². The quantitative estimate of drug-likeness (QED) is 0.742. The van der Waals surface area contributed by atoms with E-state index in [0.29, 0.717) is 37.6 Å². The summed E-state index contributed by atoms with van der Waals surface area (Å²) in [7, 11) is -3.98. The van der Waals surface area contributed by atoms with Gasteiger partial charge in [0.05, 0.1) is 18.1 Å². The van der Waals surface area contributed by atoms with Crippen LogP contribution in [0.1, 0.15) is 18.5 Å². The number of nitrogens with one attached hydrogen (secondary N) is 2. The Labute approximate surface area is 169 Å². The number of hydrogen-bond donors (Lipinski definition) is 2. The molecule has 8 nitrogen and oxygen atoms in total. The molecule has 0 aromatic heterocycles. The molecule has 1 heterocycles. The summed E-state index contributed by atoms with van der Waals surface area (Å²) in [5.41, 5.74) is 1.04. The van der Waals surface area contributed by atoms with E-state index in [2.05, 4.69) is 10.0 Å². The SMILES string of the molecule is CC(=O)Nc1ccc(S(=O)(=O)N[C@H](C(=O)N2CCOCC2)c2ccccc2)cc1. The van der Waals surface area contributed by atoms with Crippen molar-refractivity contribution in [3.05, 3.63) is 60.2 Å². The van der Waals surface area contributed by atoms with Crippen molar-refractivity contribution in [3.8, 4) is 0 Å². The Kier molecular flexibility index (Phi) is 6.63. The molecular weight excluding hydrogens is 394 g/mol. The highest BCUT2D eigenvalue weighted by Crippen LogP contribution is 2.21. The van der Waals surface area contributed by atoms with E-state index in [9.17, 15) is 18.0 Å². The van der Waals surface area contributed by atoms with Gasteiger partial charge in [0.25, 0.3) is 0 Å². The first-order valence-electron chi connectivity index (χ1n) is 9.18. The van der Waals surface area contributed by atoms with Gasteiger partial charge < -0.3 is 15.0 Å². The lowest BCUT2D eigenvalue weighted by Crippen LogP contribution is -2.47. The van der Waals surface area contributed by atoms with Gasteiger partial charge in [0.15, 0.2) is 0 Å². The van der Waals surface area contributed by atoms with Gasteiger partial charge in [-0.15, -0.1) is 0 Å². The van der Waals surface area contributed by atoms with E-state index < -0.39 is 16.1 Å². The lowest BCUT2D eigenvalue weighted by molar-refractivity contribution is -0.137. The zero-order valence-electron chi connectivity index (χ0n) is 16.0. The molecular formula is C20H23N3O5S. The van der Waals surface area contributed by atoms with Crippen LogP contribution in [0.25, 0.3) is 0 Å². The molecule has 2 amide bonds. The third-order valence-electron chi connectivity index (χ3n) is 4.46. The molecule has 2 aromatic rings. The summed E-state index contributed by atoms with van der Waals surface area (Å²) in [6.07, 6.45) is 0. The summed E-state index contributed by atoms with van der Waals surface area (Å²) in [6.45, 7) is 3.04. The fourth-order valence-corrected chi connectivity index (χ4v) is 4.19. The molecule has 0 bridgehead atoms. The van der Waals surface area contributed by atoms with Crippen molar-refractivity contribution in [1.82, 2.24) is 9.62 Å². The summed E-state index contributed by atoms with van der Waals surface area (Å²) in [5.74, 6) is -0.572. The van der Waals surface area contributed by atoms with Gasteiger partial charge in [0.1, 0.15) is 6.04 Å². The molecule has 1 aliphatic heterocycles. The van der Waals surface area contributed by atoms with Gasteiger partial charge in [-0.1, -0.05) is 30.3 Å². The first-order chi connectivity index (χ1) is 13.9. The number of carbonyl (C=O) groups excluding carboxylic acids is 2. The lowest BCUT2D eigenvalue weighted by atomic mass is 10.1.